The molecule has 4 nitrogen and oxygen atoms in total. The minimum atomic E-state index is -3.24. The lowest BCUT2D eigenvalue weighted by atomic mass is 9.88. The minimum absolute atomic E-state index is 0.228. The fourth-order valence-corrected chi connectivity index (χ4v) is 3.54. The Morgan fingerprint density at radius 3 is 2.25 bits per heavy atom. The number of hydrogen-bond acceptors (Lipinski definition) is 3. The number of aliphatic carboxylic acids is 1. The zero-order chi connectivity index (χ0) is 14.8. The van der Waals surface area contributed by atoms with Crippen LogP contribution >= 0.6 is 0 Å². The molecule has 20 heavy (non-hydrogen) atoms. The van der Waals surface area contributed by atoms with E-state index >= 15 is 0 Å². The predicted octanol–water partition coefficient (Wildman–Crippen LogP) is 2.84. The highest BCUT2D eigenvalue weighted by molar-refractivity contribution is 7.90. The third-order valence-electron chi connectivity index (χ3n) is 4.05. The Balaban J connectivity index is 2.19. The molecule has 0 unspecified atom stereocenters. The second-order valence-corrected chi connectivity index (χ2v) is 7.63. The first-order valence-electron chi connectivity index (χ1n) is 6.91. The molecule has 0 saturated heterocycles. The van der Waals surface area contributed by atoms with Crippen LogP contribution in [0.25, 0.3) is 0 Å². The maximum absolute atomic E-state index is 11.5. The van der Waals surface area contributed by atoms with Crippen molar-refractivity contribution in [3.8, 4) is 0 Å². The predicted molar refractivity (Wildman–Crippen MR) is 76.5 cm³/mol. The van der Waals surface area contributed by atoms with Gasteiger partial charge in [-0.15, -0.1) is 0 Å². The Kier molecular flexibility index (Phi) is 4.48. The first-order chi connectivity index (χ1) is 9.38. The van der Waals surface area contributed by atoms with Crippen molar-refractivity contribution in [2.24, 2.45) is 5.92 Å². The topological polar surface area (TPSA) is 71.4 Å². The highest BCUT2D eigenvalue weighted by Gasteiger charge is 2.26. The van der Waals surface area contributed by atoms with Crippen LogP contribution in [0.15, 0.2) is 29.2 Å². The van der Waals surface area contributed by atoms with Crippen LogP contribution < -0.4 is 0 Å². The van der Waals surface area contributed by atoms with Crippen LogP contribution in [0.5, 0.6) is 0 Å². The molecule has 1 aliphatic rings. The molecule has 1 N–H and O–H groups in total. The molecule has 1 saturated carbocycles. The SMILES string of the molecule is CS(=O)(=O)c1ccc([C@@H](CC2CCCC2)C(=O)O)cc1. The van der Waals surface area contributed by atoms with Gasteiger partial charge in [-0.05, 0) is 30.0 Å². The molecule has 0 amide bonds. The summed E-state index contributed by atoms with van der Waals surface area (Å²) in [6.07, 6.45) is 6.37. The van der Waals surface area contributed by atoms with Crippen LogP contribution in [0, 0.1) is 5.92 Å². The van der Waals surface area contributed by atoms with E-state index < -0.39 is 21.7 Å². The first kappa shape index (κ1) is 15.0. The minimum Gasteiger partial charge on any atom is -0.481 e. The molecule has 2 rings (SSSR count). The fourth-order valence-electron chi connectivity index (χ4n) is 2.91. The van der Waals surface area contributed by atoms with Gasteiger partial charge in [0.25, 0.3) is 0 Å². The lowest BCUT2D eigenvalue weighted by molar-refractivity contribution is -0.139. The van der Waals surface area contributed by atoms with E-state index in [1.807, 2.05) is 0 Å². The summed E-state index contributed by atoms with van der Waals surface area (Å²) in [5, 5.41) is 9.40. The van der Waals surface area contributed by atoms with Crippen LogP contribution in [-0.2, 0) is 14.6 Å². The zero-order valence-corrected chi connectivity index (χ0v) is 12.4. The monoisotopic (exact) mass is 296 g/mol. The van der Waals surface area contributed by atoms with Crippen LogP contribution in [0.2, 0.25) is 0 Å². The quantitative estimate of drug-likeness (QED) is 0.907. The summed E-state index contributed by atoms with van der Waals surface area (Å²) >= 11 is 0. The van der Waals surface area contributed by atoms with Crippen molar-refractivity contribution in [3.63, 3.8) is 0 Å². The molecular formula is C15H20O4S. The third-order valence-corrected chi connectivity index (χ3v) is 5.18. The summed E-state index contributed by atoms with van der Waals surface area (Å²) in [5.41, 5.74) is 0.691. The number of hydrogen-bond donors (Lipinski definition) is 1. The van der Waals surface area contributed by atoms with E-state index in [1.165, 1.54) is 25.0 Å². The van der Waals surface area contributed by atoms with Gasteiger partial charge in [0, 0.05) is 6.26 Å². The van der Waals surface area contributed by atoms with Crippen molar-refractivity contribution >= 4 is 15.8 Å². The van der Waals surface area contributed by atoms with Crippen LogP contribution in [0.3, 0.4) is 0 Å². The van der Waals surface area contributed by atoms with Crippen LogP contribution in [0.4, 0.5) is 0 Å². The standard InChI is InChI=1S/C15H20O4S/c1-20(18,19)13-8-6-12(7-9-13)14(15(16)17)10-11-4-2-3-5-11/h6-9,11,14H,2-5,10H2,1H3,(H,16,17)/t14-/m1/s1. The number of carboxylic acid groups (broad SMARTS) is 1. The lowest BCUT2D eigenvalue weighted by Crippen LogP contribution is -2.15. The molecular weight excluding hydrogens is 276 g/mol. The van der Waals surface area contributed by atoms with Gasteiger partial charge in [0.05, 0.1) is 10.8 Å². The summed E-state index contributed by atoms with van der Waals surface area (Å²) in [5.74, 6) is -0.888. The van der Waals surface area contributed by atoms with Gasteiger partial charge < -0.3 is 5.11 Å². The number of carbonyl (C=O) groups is 1. The van der Waals surface area contributed by atoms with E-state index in [4.69, 9.17) is 0 Å². The number of sulfone groups is 1. The second kappa shape index (κ2) is 5.95. The van der Waals surface area contributed by atoms with Gasteiger partial charge in [0.15, 0.2) is 9.84 Å². The van der Waals surface area contributed by atoms with E-state index in [2.05, 4.69) is 0 Å². The lowest BCUT2D eigenvalue weighted by Gasteiger charge is -2.17. The highest BCUT2D eigenvalue weighted by Crippen LogP contribution is 2.34. The van der Waals surface area contributed by atoms with E-state index in [0.29, 0.717) is 17.9 Å². The Bertz CT molecular complexity index is 568. The second-order valence-electron chi connectivity index (χ2n) is 5.62. The summed E-state index contributed by atoms with van der Waals surface area (Å²) in [6.45, 7) is 0. The molecule has 0 aromatic heterocycles. The van der Waals surface area contributed by atoms with Gasteiger partial charge in [-0.2, -0.15) is 0 Å². The van der Waals surface area contributed by atoms with E-state index in [-0.39, 0.29) is 4.90 Å². The van der Waals surface area contributed by atoms with Gasteiger partial charge in [0.2, 0.25) is 0 Å². The van der Waals surface area contributed by atoms with Gasteiger partial charge in [-0.25, -0.2) is 8.42 Å². The Hall–Kier alpha value is -1.36. The molecule has 1 aromatic carbocycles. The molecule has 1 atom stereocenters. The normalized spacial score (nSPS) is 18.1. The molecule has 0 aliphatic heterocycles. The number of benzene rings is 1. The zero-order valence-electron chi connectivity index (χ0n) is 11.6. The molecule has 5 heteroatoms. The average molecular weight is 296 g/mol. The van der Waals surface area contributed by atoms with Crippen molar-refractivity contribution in [1.82, 2.24) is 0 Å². The number of carboxylic acids is 1. The van der Waals surface area contributed by atoms with Crippen molar-refractivity contribution < 1.29 is 18.3 Å². The first-order valence-corrected chi connectivity index (χ1v) is 8.80. The Morgan fingerprint density at radius 2 is 1.80 bits per heavy atom. The van der Waals surface area contributed by atoms with Crippen molar-refractivity contribution in [2.45, 2.75) is 42.9 Å². The Labute approximate surface area is 119 Å². The molecule has 1 fully saturated rings. The van der Waals surface area contributed by atoms with Gasteiger partial charge in [-0.1, -0.05) is 37.8 Å². The molecule has 1 aromatic rings. The summed E-state index contributed by atoms with van der Waals surface area (Å²) in [4.78, 5) is 11.7. The molecule has 0 radical (unpaired) electrons. The van der Waals surface area contributed by atoms with Crippen molar-refractivity contribution in [2.75, 3.05) is 6.26 Å². The maximum atomic E-state index is 11.5. The van der Waals surface area contributed by atoms with E-state index in [0.717, 1.165) is 19.1 Å². The molecule has 110 valence electrons. The van der Waals surface area contributed by atoms with Crippen LogP contribution in [0.1, 0.15) is 43.6 Å². The summed E-state index contributed by atoms with van der Waals surface area (Å²) in [6, 6.07) is 6.25. The average Bonchev–Trinajstić information content (AvgIpc) is 2.87. The molecule has 0 bridgehead atoms. The summed E-state index contributed by atoms with van der Waals surface area (Å²) in [7, 11) is -3.24. The van der Waals surface area contributed by atoms with E-state index in [9.17, 15) is 18.3 Å². The van der Waals surface area contributed by atoms with Crippen molar-refractivity contribution in [1.29, 1.82) is 0 Å². The Morgan fingerprint density at radius 1 is 1.25 bits per heavy atom. The highest BCUT2D eigenvalue weighted by atomic mass is 32.2. The molecule has 1 aliphatic carbocycles. The van der Waals surface area contributed by atoms with Crippen LogP contribution in [-0.4, -0.2) is 25.7 Å². The van der Waals surface area contributed by atoms with Gasteiger partial charge in [-0.3, -0.25) is 4.79 Å². The third kappa shape index (κ3) is 3.60. The smallest absolute Gasteiger partial charge is 0.310 e. The van der Waals surface area contributed by atoms with E-state index in [1.54, 1.807) is 12.1 Å². The largest absolute Gasteiger partial charge is 0.481 e. The number of rotatable bonds is 5. The van der Waals surface area contributed by atoms with Gasteiger partial charge >= 0.3 is 5.97 Å². The fraction of sp³-hybridized carbons (Fsp3) is 0.533. The maximum Gasteiger partial charge on any atom is 0.310 e. The van der Waals surface area contributed by atoms with Gasteiger partial charge in [0.1, 0.15) is 0 Å². The molecule has 0 spiro atoms. The summed E-state index contributed by atoms with van der Waals surface area (Å²) < 4.78 is 22.8. The van der Waals surface area contributed by atoms with Crippen molar-refractivity contribution in [3.05, 3.63) is 29.8 Å². The molecule has 0 heterocycles.